The summed E-state index contributed by atoms with van der Waals surface area (Å²) in [7, 11) is 0. The first-order valence-corrected chi connectivity index (χ1v) is 8.15. The normalized spacial score (nSPS) is 10.8. The van der Waals surface area contributed by atoms with E-state index in [1.807, 2.05) is 37.3 Å². The summed E-state index contributed by atoms with van der Waals surface area (Å²) in [5, 5.41) is 18.4. The van der Waals surface area contributed by atoms with Crippen LogP contribution in [0.4, 0.5) is 11.5 Å². The Labute approximate surface area is 148 Å². The molecule has 2 aromatic carbocycles. The van der Waals surface area contributed by atoms with Crippen molar-refractivity contribution in [1.82, 2.24) is 25.2 Å². The van der Waals surface area contributed by atoms with Gasteiger partial charge in [0.1, 0.15) is 11.1 Å². The van der Waals surface area contributed by atoms with Gasteiger partial charge in [0, 0.05) is 5.69 Å². The van der Waals surface area contributed by atoms with Gasteiger partial charge in [0.15, 0.2) is 11.5 Å². The Morgan fingerprint density at radius 3 is 2.62 bits per heavy atom. The fraction of sp³-hybridized carbons (Fsp3) is 0.111. The van der Waals surface area contributed by atoms with Gasteiger partial charge in [-0.2, -0.15) is 9.78 Å². The van der Waals surface area contributed by atoms with Gasteiger partial charge < -0.3 is 10.1 Å². The number of aromatic amines is 1. The summed E-state index contributed by atoms with van der Waals surface area (Å²) in [5.41, 5.74) is 1.44. The van der Waals surface area contributed by atoms with E-state index in [9.17, 15) is 4.79 Å². The van der Waals surface area contributed by atoms with Gasteiger partial charge in [-0.25, -0.2) is 0 Å². The number of hydrogen-bond donors (Lipinski definition) is 2. The molecule has 8 nitrogen and oxygen atoms in total. The van der Waals surface area contributed by atoms with Crippen LogP contribution in [0.1, 0.15) is 6.92 Å². The van der Waals surface area contributed by atoms with Crippen molar-refractivity contribution in [3.63, 3.8) is 0 Å². The maximum absolute atomic E-state index is 12.9. The van der Waals surface area contributed by atoms with E-state index in [2.05, 4.69) is 25.8 Å². The molecule has 0 saturated heterocycles. The first-order valence-electron chi connectivity index (χ1n) is 8.15. The highest BCUT2D eigenvalue weighted by molar-refractivity contribution is 5.88. The fourth-order valence-electron chi connectivity index (χ4n) is 2.61. The van der Waals surface area contributed by atoms with E-state index in [-0.39, 0.29) is 5.56 Å². The summed E-state index contributed by atoms with van der Waals surface area (Å²) < 4.78 is 6.66. The number of benzene rings is 2. The van der Waals surface area contributed by atoms with Crippen molar-refractivity contribution in [3.8, 4) is 11.4 Å². The van der Waals surface area contributed by atoms with Crippen LogP contribution in [-0.2, 0) is 0 Å². The van der Waals surface area contributed by atoms with Gasteiger partial charge >= 0.3 is 0 Å². The number of hydrogen-bond acceptors (Lipinski definition) is 6. The summed E-state index contributed by atoms with van der Waals surface area (Å²) in [6.07, 6.45) is 0. The largest absolute Gasteiger partial charge is 0.494 e. The summed E-state index contributed by atoms with van der Waals surface area (Å²) >= 11 is 0. The number of rotatable bonds is 5. The van der Waals surface area contributed by atoms with Crippen LogP contribution in [0.15, 0.2) is 59.4 Å². The first-order chi connectivity index (χ1) is 12.8. The van der Waals surface area contributed by atoms with Gasteiger partial charge in [-0.05, 0) is 43.3 Å². The van der Waals surface area contributed by atoms with Crippen molar-refractivity contribution in [2.24, 2.45) is 0 Å². The first kappa shape index (κ1) is 15.8. The predicted octanol–water partition coefficient (Wildman–Crippen LogP) is 2.65. The number of H-pyrrole nitrogens is 1. The van der Waals surface area contributed by atoms with Crippen LogP contribution >= 0.6 is 0 Å². The molecule has 2 aromatic heterocycles. The fourth-order valence-corrected chi connectivity index (χ4v) is 2.61. The number of ether oxygens (including phenoxy) is 1. The second-order valence-corrected chi connectivity index (χ2v) is 5.52. The lowest BCUT2D eigenvalue weighted by Crippen LogP contribution is -2.22. The minimum absolute atomic E-state index is 0.314. The highest BCUT2D eigenvalue weighted by atomic mass is 16.5. The molecular formula is C18H16N6O2. The Hall–Kier alpha value is -3.68. The SMILES string of the molecule is CCOc1ccc(-n2nnc3[nH]nc(Nc4ccccc4)c3c2=O)cc1. The monoisotopic (exact) mass is 348 g/mol. The van der Waals surface area contributed by atoms with E-state index in [0.717, 1.165) is 11.4 Å². The lowest BCUT2D eigenvalue weighted by Gasteiger charge is -2.06. The van der Waals surface area contributed by atoms with Crippen molar-refractivity contribution in [2.75, 3.05) is 11.9 Å². The molecule has 0 spiro atoms. The van der Waals surface area contributed by atoms with E-state index in [1.165, 1.54) is 4.68 Å². The summed E-state index contributed by atoms with van der Waals surface area (Å²) in [6, 6.07) is 16.6. The minimum atomic E-state index is -0.314. The zero-order valence-corrected chi connectivity index (χ0v) is 14.0. The summed E-state index contributed by atoms with van der Waals surface area (Å²) in [5.74, 6) is 1.14. The molecule has 2 N–H and O–H groups in total. The molecule has 4 aromatic rings. The maximum atomic E-state index is 12.9. The van der Waals surface area contributed by atoms with E-state index in [0.29, 0.717) is 29.1 Å². The quantitative estimate of drug-likeness (QED) is 0.575. The highest BCUT2D eigenvalue weighted by Crippen LogP contribution is 2.20. The van der Waals surface area contributed by atoms with Crippen molar-refractivity contribution >= 4 is 22.5 Å². The minimum Gasteiger partial charge on any atom is -0.494 e. The number of para-hydroxylation sites is 1. The number of anilines is 2. The molecule has 0 aliphatic heterocycles. The Morgan fingerprint density at radius 2 is 1.88 bits per heavy atom. The molecule has 0 amide bonds. The maximum Gasteiger partial charge on any atom is 0.287 e. The van der Waals surface area contributed by atoms with Crippen LogP contribution in [0.2, 0.25) is 0 Å². The second kappa shape index (κ2) is 6.67. The molecule has 0 aliphatic rings. The smallest absolute Gasteiger partial charge is 0.287 e. The number of fused-ring (bicyclic) bond motifs is 1. The molecule has 0 aliphatic carbocycles. The zero-order chi connectivity index (χ0) is 17.9. The van der Waals surface area contributed by atoms with E-state index in [4.69, 9.17) is 4.74 Å². The van der Waals surface area contributed by atoms with Crippen LogP contribution in [0, 0.1) is 0 Å². The predicted molar refractivity (Wildman–Crippen MR) is 98.2 cm³/mol. The van der Waals surface area contributed by atoms with Crippen molar-refractivity contribution < 1.29 is 4.74 Å². The lowest BCUT2D eigenvalue weighted by atomic mass is 10.3. The molecule has 0 unspecified atom stereocenters. The Balaban J connectivity index is 1.76. The van der Waals surface area contributed by atoms with Crippen molar-refractivity contribution in [3.05, 3.63) is 65.0 Å². The molecule has 8 heteroatoms. The molecule has 0 bridgehead atoms. The summed E-state index contributed by atoms with van der Waals surface area (Å²) in [6.45, 7) is 2.49. The van der Waals surface area contributed by atoms with Crippen molar-refractivity contribution in [2.45, 2.75) is 6.92 Å². The molecule has 130 valence electrons. The van der Waals surface area contributed by atoms with Gasteiger partial charge in [-0.15, -0.1) is 5.10 Å². The van der Waals surface area contributed by atoms with E-state index >= 15 is 0 Å². The third kappa shape index (κ3) is 2.88. The topological polar surface area (TPSA) is 97.7 Å². The van der Waals surface area contributed by atoms with E-state index in [1.54, 1.807) is 24.3 Å². The Morgan fingerprint density at radius 1 is 1.12 bits per heavy atom. The molecule has 0 radical (unpaired) electrons. The summed E-state index contributed by atoms with van der Waals surface area (Å²) in [4.78, 5) is 12.9. The van der Waals surface area contributed by atoms with Crippen LogP contribution in [0.5, 0.6) is 5.75 Å². The molecule has 2 heterocycles. The number of aromatic nitrogens is 5. The third-order valence-electron chi connectivity index (χ3n) is 3.82. The average Bonchev–Trinajstić information content (AvgIpc) is 3.08. The third-order valence-corrected chi connectivity index (χ3v) is 3.82. The molecule has 26 heavy (non-hydrogen) atoms. The second-order valence-electron chi connectivity index (χ2n) is 5.52. The molecular weight excluding hydrogens is 332 g/mol. The van der Waals surface area contributed by atoms with E-state index < -0.39 is 0 Å². The van der Waals surface area contributed by atoms with Crippen LogP contribution in [0.25, 0.3) is 16.7 Å². The average molecular weight is 348 g/mol. The molecule has 4 rings (SSSR count). The number of nitrogens with one attached hydrogen (secondary N) is 2. The Bertz CT molecular complexity index is 1090. The van der Waals surface area contributed by atoms with Gasteiger partial charge in [0.25, 0.3) is 5.56 Å². The highest BCUT2D eigenvalue weighted by Gasteiger charge is 2.15. The van der Waals surface area contributed by atoms with Crippen molar-refractivity contribution in [1.29, 1.82) is 0 Å². The number of nitrogens with zero attached hydrogens (tertiary/aromatic N) is 4. The van der Waals surface area contributed by atoms with Crippen LogP contribution in [0.3, 0.4) is 0 Å². The van der Waals surface area contributed by atoms with Gasteiger partial charge in [-0.1, -0.05) is 23.4 Å². The van der Waals surface area contributed by atoms with Gasteiger partial charge in [-0.3, -0.25) is 9.89 Å². The van der Waals surface area contributed by atoms with Crippen LogP contribution < -0.4 is 15.6 Å². The zero-order valence-electron chi connectivity index (χ0n) is 14.0. The Kier molecular flexibility index (Phi) is 4.06. The molecule has 0 atom stereocenters. The van der Waals surface area contributed by atoms with Crippen LogP contribution in [-0.4, -0.2) is 31.8 Å². The molecule has 0 saturated carbocycles. The van der Waals surface area contributed by atoms with Gasteiger partial charge in [0.2, 0.25) is 0 Å². The lowest BCUT2D eigenvalue weighted by molar-refractivity contribution is 0.340. The molecule has 0 fully saturated rings. The van der Waals surface area contributed by atoms with Gasteiger partial charge in [0.05, 0.1) is 12.3 Å². The standard InChI is InChI=1S/C18H16N6O2/c1-2-26-14-10-8-13(9-11-14)24-18(25)15-16(20-21-17(15)22-23-24)19-12-6-4-3-5-7-12/h3-11H,2H2,1H3,(H2,19,20,21).